The molecular weight excluding hydrogens is 188 g/mol. The lowest BCUT2D eigenvalue weighted by molar-refractivity contribution is -0.125. The van der Waals surface area contributed by atoms with Crippen LogP contribution in [0.15, 0.2) is 0 Å². The number of amides is 3. The van der Waals surface area contributed by atoms with Crippen molar-refractivity contribution in [2.45, 2.75) is 12.8 Å². The molecule has 0 aliphatic carbocycles. The van der Waals surface area contributed by atoms with Crippen LogP contribution in [-0.4, -0.2) is 41.9 Å². The first-order valence-electron chi connectivity index (χ1n) is 4.33. The second-order valence-corrected chi connectivity index (χ2v) is 3.89. The van der Waals surface area contributed by atoms with E-state index in [9.17, 15) is 9.59 Å². The van der Waals surface area contributed by atoms with Gasteiger partial charge in [0.1, 0.15) is 0 Å². The predicted molar refractivity (Wildman–Crippen MR) is 52.7 cm³/mol. The van der Waals surface area contributed by atoms with Crippen molar-refractivity contribution in [3.05, 3.63) is 0 Å². The number of nitrogens with zero attached hydrogens (tertiary/aromatic N) is 1. The number of carbonyl (C=O) groups is 2. The topological polar surface area (TPSA) is 49.4 Å². The molecule has 13 heavy (non-hydrogen) atoms. The van der Waals surface area contributed by atoms with E-state index in [0.29, 0.717) is 6.54 Å². The van der Waals surface area contributed by atoms with Gasteiger partial charge in [-0.3, -0.25) is 9.69 Å². The predicted octanol–water partition coefficient (Wildman–Crippen LogP) is 0.681. The summed E-state index contributed by atoms with van der Waals surface area (Å²) < 4.78 is 0. The van der Waals surface area contributed by atoms with Crippen molar-refractivity contribution >= 4 is 23.7 Å². The van der Waals surface area contributed by atoms with E-state index in [1.54, 1.807) is 11.8 Å². The summed E-state index contributed by atoms with van der Waals surface area (Å²) in [5.41, 5.74) is 0. The Morgan fingerprint density at radius 1 is 1.46 bits per heavy atom. The summed E-state index contributed by atoms with van der Waals surface area (Å²) in [7, 11) is 0. The first-order chi connectivity index (χ1) is 6.25. The second kappa shape index (κ2) is 5.11. The number of urea groups is 1. The molecule has 0 bridgehead atoms. The zero-order chi connectivity index (χ0) is 9.68. The molecule has 0 radical (unpaired) electrons. The molecule has 1 aliphatic heterocycles. The summed E-state index contributed by atoms with van der Waals surface area (Å²) in [6.07, 6.45) is 4.01. The number of hydrogen-bond acceptors (Lipinski definition) is 3. The third-order valence-electron chi connectivity index (χ3n) is 1.92. The summed E-state index contributed by atoms with van der Waals surface area (Å²) in [6.45, 7) is 0.729. The van der Waals surface area contributed by atoms with E-state index in [1.165, 1.54) is 4.90 Å². The molecule has 1 aliphatic rings. The average molecular weight is 202 g/mol. The maximum atomic E-state index is 11.1. The summed E-state index contributed by atoms with van der Waals surface area (Å²) in [6, 6.07) is -0.242. The fourth-order valence-electron chi connectivity index (χ4n) is 1.20. The van der Waals surface area contributed by atoms with Gasteiger partial charge in [0.15, 0.2) is 0 Å². The van der Waals surface area contributed by atoms with Crippen LogP contribution in [0, 0.1) is 0 Å². The van der Waals surface area contributed by atoms with Gasteiger partial charge in [-0.2, -0.15) is 11.8 Å². The van der Waals surface area contributed by atoms with E-state index in [1.807, 2.05) is 6.26 Å². The molecule has 0 unspecified atom stereocenters. The molecule has 0 aromatic heterocycles. The number of hydrogen-bond donors (Lipinski definition) is 1. The van der Waals surface area contributed by atoms with Crippen LogP contribution in [0.4, 0.5) is 4.79 Å². The van der Waals surface area contributed by atoms with Crippen LogP contribution in [0.1, 0.15) is 12.8 Å². The highest BCUT2D eigenvalue weighted by Gasteiger charge is 2.27. The van der Waals surface area contributed by atoms with Crippen molar-refractivity contribution in [1.29, 1.82) is 0 Å². The smallest absolute Gasteiger partial charge is 0.324 e. The lowest BCUT2D eigenvalue weighted by Crippen LogP contribution is -2.31. The van der Waals surface area contributed by atoms with Crippen LogP contribution in [0.2, 0.25) is 0 Å². The van der Waals surface area contributed by atoms with Gasteiger partial charge in [0.05, 0.1) is 6.54 Å². The van der Waals surface area contributed by atoms with Crippen LogP contribution in [-0.2, 0) is 4.79 Å². The number of unbranched alkanes of at least 4 members (excludes halogenated alkanes) is 1. The second-order valence-electron chi connectivity index (χ2n) is 2.90. The van der Waals surface area contributed by atoms with E-state index >= 15 is 0 Å². The van der Waals surface area contributed by atoms with Crippen LogP contribution in [0.5, 0.6) is 0 Å². The third kappa shape index (κ3) is 2.91. The molecule has 1 rings (SSSR count). The molecule has 4 nitrogen and oxygen atoms in total. The molecule has 0 saturated carbocycles. The summed E-state index contributed by atoms with van der Waals surface area (Å²) >= 11 is 1.78. The van der Waals surface area contributed by atoms with Crippen LogP contribution < -0.4 is 5.32 Å². The Hall–Kier alpha value is -0.710. The maximum absolute atomic E-state index is 11.1. The van der Waals surface area contributed by atoms with Crippen molar-refractivity contribution in [1.82, 2.24) is 10.2 Å². The zero-order valence-electron chi connectivity index (χ0n) is 7.71. The molecule has 0 aromatic rings. The average Bonchev–Trinajstić information content (AvgIpc) is 2.42. The molecule has 0 spiro atoms. The Bertz CT molecular complexity index is 192. The number of rotatable bonds is 5. The monoisotopic (exact) mass is 202 g/mol. The highest BCUT2D eigenvalue weighted by Crippen LogP contribution is 2.04. The zero-order valence-corrected chi connectivity index (χ0v) is 8.52. The maximum Gasteiger partial charge on any atom is 0.324 e. The van der Waals surface area contributed by atoms with Gasteiger partial charge in [0.25, 0.3) is 0 Å². The Morgan fingerprint density at radius 3 is 2.77 bits per heavy atom. The van der Waals surface area contributed by atoms with Gasteiger partial charge < -0.3 is 5.32 Å². The van der Waals surface area contributed by atoms with Gasteiger partial charge in [-0.1, -0.05) is 0 Å². The van der Waals surface area contributed by atoms with Crippen molar-refractivity contribution in [3.8, 4) is 0 Å². The standard InChI is InChI=1S/C8H14N2O2S/c1-13-5-3-2-4-10-7(11)6-9-8(10)12/h2-6H2,1H3,(H,9,12). The fraction of sp³-hybridized carbons (Fsp3) is 0.750. The summed E-state index contributed by atoms with van der Waals surface area (Å²) in [5, 5.41) is 2.49. The minimum absolute atomic E-state index is 0.103. The Balaban J connectivity index is 2.20. The molecule has 1 fully saturated rings. The quantitative estimate of drug-likeness (QED) is 0.527. The molecule has 74 valence electrons. The van der Waals surface area contributed by atoms with Crippen molar-refractivity contribution < 1.29 is 9.59 Å². The van der Waals surface area contributed by atoms with Crippen molar-refractivity contribution in [3.63, 3.8) is 0 Å². The third-order valence-corrected chi connectivity index (χ3v) is 2.61. The van der Waals surface area contributed by atoms with Gasteiger partial charge in [-0.25, -0.2) is 4.79 Å². The SMILES string of the molecule is CSCCCCN1C(=O)CNC1=O. The summed E-state index contributed by atoms with van der Waals surface area (Å²) in [5.74, 6) is 0.984. The van der Waals surface area contributed by atoms with Gasteiger partial charge in [-0.15, -0.1) is 0 Å². The van der Waals surface area contributed by atoms with Crippen LogP contribution in [0.25, 0.3) is 0 Å². The number of nitrogens with one attached hydrogen (secondary N) is 1. The Labute approximate surface area is 82.0 Å². The molecular formula is C8H14N2O2S. The van der Waals surface area contributed by atoms with Crippen LogP contribution >= 0.6 is 11.8 Å². The van der Waals surface area contributed by atoms with E-state index in [-0.39, 0.29) is 18.5 Å². The molecule has 1 saturated heterocycles. The van der Waals surface area contributed by atoms with E-state index in [0.717, 1.165) is 18.6 Å². The van der Waals surface area contributed by atoms with E-state index in [2.05, 4.69) is 5.32 Å². The highest BCUT2D eigenvalue weighted by molar-refractivity contribution is 7.98. The fourth-order valence-corrected chi connectivity index (χ4v) is 1.69. The molecule has 0 aromatic carbocycles. The van der Waals surface area contributed by atoms with Gasteiger partial charge in [0.2, 0.25) is 5.91 Å². The first-order valence-corrected chi connectivity index (χ1v) is 5.72. The minimum Gasteiger partial charge on any atom is -0.329 e. The Kier molecular flexibility index (Phi) is 4.08. The van der Waals surface area contributed by atoms with Gasteiger partial charge >= 0.3 is 6.03 Å². The molecule has 1 heterocycles. The first kappa shape index (κ1) is 10.4. The normalized spacial score (nSPS) is 16.5. The highest BCUT2D eigenvalue weighted by atomic mass is 32.2. The van der Waals surface area contributed by atoms with Crippen molar-refractivity contribution in [2.24, 2.45) is 0 Å². The number of thioether (sulfide) groups is 1. The molecule has 3 amide bonds. The van der Waals surface area contributed by atoms with Gasteiger partial charge in [0, 0.05) is 6.54 Å². The van der Waals surface area contributed by atoms with E-state index in [4.69, 9.17) is 0 Å². The van der Waals surface area contributed by atoms with Gasteiger partial charge in [-0.05, 0) is 24.9 Å². The Morgan fingerprint density at radius 2 is 2.23 bits per heavy atom. The lowest BCUT2D eigenvalue weighted by atomic mass is 10.3. The largest absolute Gasteiger partial charge is 0.329 e. The molecule has 0 atom stereocenters. The number of imide groups is 1. The number of carbonyl (C=O) groups excluding carboxylic acids is 2. The lowest BCUT2D eigenvalue weighted by Gasteiger charge is -2.11. The van der Waals surface area contributed by atoms with Crippen molar-refractivity contribution in [2.75, 3.05) is 25.1 Å². The minimum atomic E-state index is -0.242. The van der Waals surface area contributed by atoms with Crippen LogP contribution in [0.3, 0.4) is 0 Å². The molecule has 1 N–H and O–H groups in total. The van der Waals surface area contributed by atoms with E-state index < -0.39 is 0 Å². The molecule has 5 heteroatoms. The summed E-state index contributed by atoms with van der Waals surface area (Å²) in [4.78, 5) is 23.4.